The molecule has 0 aliphatic rings. The molecule has 1 atom stereocenters. The minimum atomic E-state index is -0.325. The van der Waals surface area contributed by atoms with Gasteiger partial charge in [-0.1, -0.05) is 26.7 Å². The largest absolute Gasteiger partial charge is 0.393 e. The summed E-state index contributed by atoms with van der Waals surface area (Å²) in [5, 5.41) is 13.1. The van der Waals surface area contributed by atoms with Crippen molar-refractivity contribution in [3.05, 3.63) is 27.0 Å². The molecule has 0 saturated carbocycles. The number of rotatable bonds is 10. The van der Waals surface area contributed by atoms with Gasteiger partial charge in [0.15, 0.2) is 0 Å². The van der Waals surface area contributed by atoms with Crippen LogP contribution in [0.4, 0.5) is 0 Å². The molecule has 1 aromatic rings. The van der Waals surface area contributed by atoms with Gasteiger partial charge in [-0.3, -0.25) is 9.36 Å². The number of hydrogen-bond donors (Lipinski definition) is 1. The summed E-state index contributed by atoms with van der Waals surface area (Å²) in [4.78, 5) is 24.1. The van der Waals surface area contributed by atoms with Crippen molar-refractivity contribution in [1.82, 2.24) is 14.3 Å². The van der Waals surface area contributed by atoms with E-state index in [-0.39, 0.29) is 17.4 Å². The van der Waals surface area contributed by atoms with Crippen molar-refractivity contribution in [2.24, 2.45) is 5.92 Å². The minimum Gasteiger partial charge on any atom is -0.393 e. The molecule has 1 aromatic heterocycles. The molecule has 0 radical (unpaired) electrons. The van der Waals surface area contributed by atoms with Gasteiger partial charge in [0, 0.05) is 13.1 Å². The van der Waals surface area contributed by atoms with Crippen molar-refractivity contribution < 1.29 is 5.11 Å². The van der Waals surface area contributed by atoms with Crippen LogP contribution < -0.4 is 11.2 Å². The maximum absolute atomic E-state index is 12.3. The highest BCUT2D eigenvalue weighted by atomic mass is 16.3. The molecule has 6 heteroatoms. The lowest BCUT2D eigenvalue weighted by atomic mass is 10.1. The lowest BCUT2D eigenvalue weighted by Crippen LogP contribution is -2.41. The van der Waals surface area contributed by atoms with E-state index in [4.69, 9.17) is 0 Å². The molecule has 0 aromatic carbocycles. The lowest BCUT2D eigenvalue weighted by molar-refractivity contribution is 0.179. The number of unbranched alkanes of at least 4 members (excludes halogenated alkanes) is 2. The Hall–Kier alpha value is -1.43. The van der Waals surface area contributed by atoms with E-state index in [1.807, 2.05) is 0 Å². The van der Waals surface area contributed by atoms with Gasteiger partial charge in [0.25, 0.3) is 5.56 Å². The van der Waals surface area contributed by atoms with Crippen LogP contribution in [0.25, 0.3) is 0 Å². The Labute approximate surface area is 131 Å². The Bertz CT molecular complexity index is 546. The fourth-order valence-corrected chi connectivity index (χ4v) is 2.35. The summed E-state index contributed by atoms with van der Waals surface area (Å²) < 4.78 is 2.63. The SMILES string of the molecule is CC(C)CCCCn1c(=O)cnn(CCCC[C@@H](C)O)c1=O. The second-order valence-electron chi connectivity index (χ2n) is 6.37. The van der Waals surface area contributed by atoms with E-state index in [2.05, 4.69) is 18.9 Å². The molecule has 1 N–H and O–H groups in total. The standard InChI is InChI=1S/C16H29N3O3/c1-13(2)8-4-6-10-18-15(21)12-17-19(16(18)22)11-7-5-9-14(3)20/h12-14,20H,4-11H2,1-3H3/t14-/m1/s1. The van der Waals surface area contributed by atoms with Gasteiger partial charge in [-0.2, -0.15) is 5.10 Å². The molecular weight excluding hydrogens is 282 g/mol. The summed E-state index contributed by atoms with van der Waals surface area (Å²) >= 11 is 0. The topological polar surface area (TPSA) is 77.1 Å². The summed E-state index contributed by atoms with van der Waals surface area (Å²) in [5.41, 5.74) is -0.649. The van der Waals surface area contributed by atoms with E-state index in [9.17, 15) is 14.7 Å². The molecule has 0 bridgehead atoms. The minimum absolute atomic E-state index is 0.320. The highest BCUT2D eigenvalue weighted by Gasteiger charge is 2.07. The molecule has 0 aliphatic heterocycles. The highest BCUT2D eigenvalue weighted by molar-refractivity contribution is 4.76. The summed E-state index contributed by atoms with van der Waals surface area (Å²) in [6.45, 7) is 7.03. The average molecular weight is 311 g/mol. The fourth-order valence-electron chi connectivity index (χ4n) is 2.35. The molecule has 0 unspecified atom stereocenters. The second kappa shape index (κ2) is 9.56. The first-order valence-electron chi connectivity index (χ1n) is 8.27. The zero-order chi connectivity index (χ0) is 16.5. The molecule has 0 aliphatic carbocycles. The van der Waals surface area contributed by atoms with Crippen LogP contribution in [0, 0.1) is 5.92 Å². The Morgan fingerprint density at radius 3 is 2.32 bits per heavy atom. The number of hydrogen-bond acceptors (Lipinski definition) is 4. The lowest BCUT2D eigenvalue weighted by Gasteiger charge is -2.09. The van der Waals surface area contributed by atoms with Crippen molar-refractivity contribution in [3.63, 3.8) is 0 Å². The van der Waals surface area contributed by atoms with Gasteiger partial charge in [-0.15, -0.1) is 0 Å². The zero-order valence-electron chi connectivity index (χ0n) is 14.0. The van der Waals surface area contributed by atoms with Gasteiger partial charge < -0.3 is 5.11 Å². The first-order valence-corrected chi connectivity index (χ1v) is 8.27. The molecule has 1 heterocycles. The number of nitrogens with zero attached hydrogens (tertiary/aromatic N) is 3. The van der Waals surface area contributed by atoms with Gasteiger partial charge in [-0.25, -0.2) is 9.48 Å². The summed E-state index contributed by atoms with van der Waals surface area (Å²) in [7, 11) is 0. The molecule has 0 spiro atoms. The van der Waals surface area contributed by atoms with Crippen LogP contribution in [0.5, 0.6) is 0 Å². The van der Waals surface area contributed by atoms with Crippen LogP contribution >= 0.6 is 0 Å². The smallest absolute Gasteiger partial charge is 0.347 e. The Morgan fingerprint density at radius 1 is 1.05 bits per heavy atom. The summed E-state index contributed by atoms with van der Waals surface area (Å²) in [6.07, 6.45) is 6.16. The van der Waals surface area contributed by atoms with Crippen molar-refractivity contribution in [2.45, 2.75) is 78.5 Å². The molecule has 6 nitrogen and oxygen atoms in total. The van der Waals surface area contributed by atoms with E-state index in [0.29, 0.717) is 25.4 Å². The van der Waals surface area contributed by atoms with Crippen LogP contribution in [-0.2, 0) is 13.1 Å². The van der Waals surface area contributed by atoms with Crippen molar-refractivity contribution >= 4 is 0 Å². The van der Waals surface area contributed by atoms with Gasteiger partial charge in [-0.05, 0) is 38.5 Å². The number of aromatic nitrogens is 3. The van der Waals surface area contributed by atoms with Gasteiger partial charge in [0.1, 0.15) is 6.20 Å². The normalized spacial score (nSPS) is 12.8. The van der Waals surface area contributed by atoms with Crippen molar-refractivity contribution in [3.8, 4) is 0 Å². The monoisotopic (exact) mass is 311 g/mol. The van der Waals surface area contributed by atoms with E-state index in [1.165, 1.54) is 15.4 Å². The summed E-state index contributed by atoms with van der Waals surface area (Å²) in [6, 6.07) is 0. The maximum Gasteiger partial charge on any atom is 0.347 e. The Morgan fingerprint density at radius 2 is 1.68 bits per heavy atom. The fraction of sp³-hybridized carbons (Fsp3) is 0.812. The molecule has 126 valence electrons. The Balaban J connectivity index is 2.60. The van der Waals surface area contributed by atoms with Crippen molar-refractivity contribution in [1.29, 1.82) is 0 Å². The van der Waals surface area contributed by atoms with Crippen LogP contribution in [0.15, 0.2) is 15.8 Å². The zero-order valence-corrected chi connectivity index (χ0v) is 14.0. The number of aliphatic hydroxyl groups excluding tert-OH is 1. The molecule has 0 amide bonds. The predicted molar refractivity (Wildman–Crippen MR) is 87.0 cm³/mol. The first kappa shape index (κ1) is 18.6. The molecule has 0 fully saturated rings. The van der Waals surface area contributed by atoms with Crippen LogP contribution in [0.1, 0.15) is 59.3 Å². The molecule has 1 rings (SSSR count). The average Bonchev–Trinajstić information content (AvgIpc) is 2.44. The molecule has 0 saturated heterocycles. The highest BCUT2D eigenvalue weighted by Crippen LogP contribution is 2.06. The van der Waals surface area contributed by atoms with Gasteiger partial charge in [0.2, 0.25) is 0 Å². The van der Waals surface area contributed by atoms with E-state index >= 15 is 0 Å². The van der Waals surface area contributed by atoms with Crippen LogP contribution in [0.3, 0.4) is 0 Å². The van der Waals surface area contributed by atoms with Crippen LogP contribution in [0.2, 0.25) is 0 Å². The number of aliphatic hydroxyl groups is 1. The first-order chi connectivity index (χ1) is 10.4. The van der Waals surface area contributed by atoms with E-state index in [1.54, 1.807) is 6.92 Å². The third-order valence-electron chi connectivity index (χ3n) is 3.68. The van der Waals surface area contributed by atoms with Crippen molar-refractivity contribution in [2.75, 3.05) is 0 Å². The predicted octanol–water partition coefficient (Wildman–Crippen LogP) is 1.78. The maximum atomic E-state index is 12.3. The Kier molecular flexibility index (Phi) is 8.09. The van der Waals surface area contributed by atoms with Gasteiger partial charge in [0.05, 0.1) is 6.10 Å². The number of aryl methyl sites for hydroxylation is 1. The quantitative estimate of drug-likeness (QED) is 0.668. The van der Waals surface area contributed by atoms with Crippen LogP contribution in [-0.4, -0.2) is 25.6 Å². The van der Waals surface area contributed by atoms with E-state index < -0.39 is 0 Å². The van der Waals surface area contributed by atoms with Gasteiger partial charge >= 0.3 is 5.69 Å². The second-order valence-corrected chi connectivity index (χ2v) is 6.37. The molecule has 22 heavy (non-hydrogen) atoms. The summed E-state index contributed by atoms with van der Waals surface area (Å²) in [5.74, 6) is 0.639. The van der Waals surface area contributed by atoms with E-state index in [0.717, 1.165) is 32.1 Å². The molecular formula is C16H29N3O3. The third-order valence-corrected chi connectivity index (χ3v) is 3.68. The third kappa shape index (κ3) is 6.56.